The van der Waals surface area contributed by atoms with E-state index in [1.54, 1.807) is 11.3 Å². The molecular formula is C16H31N3S. The third-order valence-corrected chi connectivity index (χ3v) is 4.30. The maximum Gasteiger partial charge on any atom is 0.0969 e. The van der Waals surface area contributed by atoms with E-state index in [0.717, 1.165) is 18.7 Å². The van der Waals surface area contributed by atoms with Gasteiger partial charge in [0.1, 0.15) is 0 Å². The largest absolute Gasteiger partial charge is 0.330 e. The molecule has 1 aromatic rings. The molecule has 0 saturated heterocycles. The number of nitrogens with two attached hydrogens (primary N) is 1. The van der Waals surface area contributed by atoms with E-state index >= 15 is 0 Å². The molecule has 0 radical (unpaired) electrons. The molecule has 1 heterocycles. The Morgan fingerprint density at radius 2 is 1.70 bits per heavy atom. The Kier molecular flexibility index (Phi) is 7.70. The number of nitrogens with zero attached hydrogens (tertiary/aromatic N) is 2. The lowest BCUT2D eigenvalue weighted by Crippen LogP contribution is -2.34. The normalized spacial score (nSPS) is 13.7. The molecule has 0 aliphatic carbocycles. The van der Waals surface area contributed by atoms with Gasteiger partial charge in [0.05, 0.1) is 10.7 Å². The lowest BCUT2D eigenvalue weighted by atomic mass is 10.1. The van der Waals surface area contributed by atoms with Gasteiger partial charge < -0.3 is 10.6 Å². The predicted molar refractivity (Wildman–Crippen MR) is 89.4 cm³/mol. The zero-order valence-electron chi connectivity index (χ0n) is 13.7. The Morgan fingerprint density at radius 3 is 2.20 bits per heavy atom. The number of aromatic nitrogens is 1. The zero-order valence-corrected chi connectivity index (χ0v) is 14.5. The van der Waals surface area contributed by atoms with Crippen molar-refractivity contribution in [2.45, 2.75) is 47.0 Å². The lowest BCUT2D eigenvalue weighted by Gasteiger charge is -2.28. The first-order valence-corrected chi connectivity index (χ1v) is 8.67. The molecule has 0 saturated carbocycles. The molecule has 20 heavy (non-hydrogen) atoms. The number of hydrogen-bond donors (Lipinski definition) is 1. The second kappa shape index (κ2) is 8.75. The first-order chi connectivity index (χ1) is 9.42. The fourth-order valence-corrected chi connectivity index (χ4v) is 3.44. The van der Waals surface area contributed by atoms with Crippen LogP contribution in [0.1, 0.15) is 51.2 Å². The van der Waals surface area contributed by atoms with Crippen LogP contribution in [0.5, 0.6) is 0 Å². The fraction of sp³-hybridized carbons (Fsp3) is 0.812. The molecule has 0 amide bonds. The molecule has 0 aromatic carbocycles. The van der Waals surface area contributed by atoms with E-state index in [0.29, 0.717) is 24.3 Å². The van der Waals surface area contributed by atoms with E-state index in [4.69, 9.17) is 10.7 Å². The summed E-state index contributed by atoms with van der Waals surface area (Å²) in [4.78, 5) is 7.31. The van der Waals surface area contributed by atoms with Crippen molar-refractivity contribution in [1.29, 1.82) is 0 Å². The molecule has 1 aromatic heterocycles. The summed E-state index contributed by atoms with van der Waals surface area (Å²) in [6, 6.07) is 0. The summed E-state index contributed by atoms with van der Waals surface area (Å²) >= 11 is 1.78. The molecule has 4 heteroatoms. The summed E-state index contributed by atoms with van der Waals surface area (Å²) in [7, 11) is 0. The maximum atomic E-state index is 5.59. The highest BCUT2D eigenvalue weighted by Gasteiger charge is 2.17. The molecule has 0 fully saturated rings. The van der Waals surface area contributed by atoms with Crippen LogP contribution in [0.15, 0.2) is 5.38 Å². The van der Waals surface area contributed by atoms with Gasteiger partial charge in [-0.15, -0.1) is 11.3 Å². The topological polar surface area (TPSA) is 42.2 Å². The van der Waals surface area contributed by atoms with Crippen molar-refractivity contribution in [2.75, 3.05) is 26.2 Å². The van der Waals surface area contributed by atoms with E-state index in [9.17, 15) is 0 Å². The minimum atomic E-state index is 0.504. The zero-order chi connectivity index (χ0) is 15.1. The average Bonchev–Trinajstić information content (AvgIpc) is 2.76. The van der Waals surface area contributed by atoms with Gasteiger partial charge in [0.2, 0.25) is 0 Å². The van der Waals surface area contributed by atoms with Gasteiger partial charge in [0, 0.05) is 37.4 Å². The monoisotopic (exact) mass is 297 g/mol. The molecule has 0 aliphatic heterocycles. The van der Waals surface area contributed by atoms with Crippen LogP contribution in [0, 0.1) is 11.8 Å². The van der Waals surface area contributed by atoms with Crippen molar-refractivity contribution >= 4 is 11.3 Å². The van der Waals surface area contributed by atoms with Gasteiger partial charge in [0.15, 0.2) is 0 Å². The third kappa shape index (κ3) is 6.33. The van der Waals surface area contributed by atoms with Crippen molar-refractivity contribution in [3.63, 3.8) is 0 Å². The van der Waals surface area contributed by atoms with Crippen molar-refractivity contribution in [1.82, 2.24) is 9.88 Å². The van der Waals surface area contributed by atoms with Crippen molar-refractivity contribution in [3.8, 4) is 0 Å². The molecule has 0 bridgehead atoms. The molecular weight excluding hydrogens is 266 g/mol. The van der Waals surface area contributed by atoms with Crippen LogP contribution in [0.2, 0.25) is 0 Å². The highest BCUT2D eigenvalue weighted by atomic mass is 32.1. The van der Waals surface area contributed by atoms with Crippen LogP contribution in [0.3, 0.4) is 0 Å². The van der Waals surface area contributed by atoms with E-state index in [1.807, 2.05) is 0 Å². The van der Waals surface area contributed by atoms with Gasteiger partial charge in [0.25, 0.3) is 0 Å². The van der Waals surface area contributed by atoms with E-state index in [1.165, 1.54) is 18.1 Å². The molecule has 1 atom stereocenters. The van der Waals surface area contributed by atoms with Gasteiger partial charge in [-0.05, 0) is 18.4 Å². The van der Waals surface area contributed by atoms with Crippen molar-refractivity contribution in [2.24, 2.45) is 17.6 Å². The second-order valence-electron chi connectivity index (χ2n) is 6.62. The van der Waals surface area contributed by atoms with Gasteiger partial charge in [-0.2, -0.15) is 0 Å². The summed E-state index contributed by atoms with van der Waals surface area (Å²) in [5, 5.41) is 3.42. The van der Waals surface area contributed by atoms with Crippen molar-refractivity contribution < 1.29 is 0 Å². The minimum Gasteiger partial charge on any atom is -0.330 e. The van der Waals surface area contributed by atoms with E-state index < -0.39 is 0 Å². The van der Waals surface area contributed by atoms with Gasteiger partial charge in [-0.1, -0.05) is 34.6 Å². The molecule has 116 valence electrons. The van der Waals surface area contributed by atoms with Crippen LogP contribution in [-0.4, -0.2) is 36.1 Å². The molecule has 0 spiro atoms. The highest BCUT2D eigenvalue weighted by Crippen LogP contribution is 2.22. The molecule has 0 aliphatic rings. The van der Waals surface area contributed by atoms with Crippen LogP contribution in [0.4, 0.5) is 0 Å². The third-order valence-electron chi connectivity index (χ3n) is 3.17. The van der Waals surface area contributed by atoms with Crippen molar-refractivity contribution in [3.05, 3.63) is 16.1 Å². The number of hydrogen-bond acceptors (Lipinski definition) is 4. The molecule has 3 nitrogen and oxygen atoms in total. The lowest BCUT2D eigenvalue weighted by molar-refractivity contribution is 0.210. The van der Waals surface area contributed by atoms with E-state index in [2.05, 4.69) is 44.9 Å². The molecule has 1 rings (SSSR count). The second-order valence-corrected chi connectivity index (χ2v) is 7.51. The summed E-state index contributed by atoms with van der Waals surface area (Å²) in [6.07, 6.45) is 0.894. The Labute approximate surface area is 128 Å². The summed E-state index contributed by atoms with van der Waals surface area (Å²) in [5.74, 6) is 1.93. The van der Waals surface area contributed by atoms with Crippen LogP contribution in [0.25, 0.3) is 0 Å². The molecule has 2 N–H and O–H groups in total. The summed E-state index contributed by atoms with van der Waals surface area (Å²) < 4.78 is 0. The minimum absolute atomic E-state index is 0.504. The predicted octanol–water partition coefficient (Wildman–Crippen LogP) is 3.36. The van der Waals surface area contributed by atoms with Crippen LogP contribution < -0.4 is 5.73 Å². The summed E-state index contributed by atoms with van der Waals surface area (Å²) in [5.41, 5.74) is 6.74. The fourth-order valence-electron chi connectivity index (χ4n) is 2.53. The maximum absolute atomic E-state index is 5.59. The number of rotatable bonds is 9. The standard InChI is InChI=1S/C16H31N3S/c1-12(2)8-19(9-13(3)4)10-14(5)16-18-15(6-7-17)11-20-16/h11-14H,6-10,17H2,1-5H3. The first kappa shape index (κ1) is 17.6. The van der Waals surface area contributed by atoms with E-state index in [-0.39, 0.29) is 0 Å². The number of thiazole rings is 1. The quantitative estimate of drug-likeness (QED) is 0.760. The molecule has 1 unspecified atom stereocenters. The smallest absolute Gasteiger partial charge is 0.0969 e. The first-order valence-electron chi connectivity index (χ1n) is 7.79. The Balaban J connectivity index is 2.60. The SMILES string of the molecule is CC(C)CN(CC(C)C)CC(C)c1nc(CCN)cs1. The highest BCUT2D eigenvalue weighted by molar-refractivity contribution is 7.09. The average molecular weight is 298 g/mol. The Morgan fingerprint density at radius 1 is 1.10 bits per heavy atom. The Bertz CT molecular complexity index is 364. The van der Waals surface area contributed by atoms with Gasteiger partial charge in [-0.25, -0.2) is 4.98 Å². The summed E-state index contributed by atoms with van der Waals surface area (Å²) in [6.45, 7) is 15.6. The van der Waals surface area contributed by atoms with Gasteiger partial charge in [-0.3, -0.25) is 0 Å². The van der Waals surface area contributed by atoms with Crippen LogP contribution >= 0.6 is 11.3 Å². The van der Waals surface area contributed by atoms with Crippen LogP contribution in [-0.2, 0) is 6.42 Å². The van der Waals surface area contributed by atoms with Gasteiger partial charge >= 0.3 is 0 Å². The Hall–Kier alpha value is -0.450.